The Bertz CT molecular complexity index is 1010. The number of anilines is 1. The minimum absolute atomic E-state index is 0.152. The molecule has 1 spiro atoms. The van der Waals surface area contributed by atoms with Crippen LogP contribution in [0.15, 0.2) is 48.5 Å². The molecule has 0 radical (unpaired) electrons. The number of benzene rings is 2. The van der Waals surface area contributed by atoms with E-state index in [2.05, 4.69) is 47.6 Å². The van der Waals surface area contributed by atoms with Gasteiger partial charge in [-0.2, -0.15) is 0 Å². The van der Waals surface area contributed by atoms with Gasteiger partial charge in [-0.3, -0.25) is 10.1 Å². The van der Waals surface area contributed by atoms with Crippen LogP contribution in [0, 0.1) is 0 Å². The quantitative estimate of drug-likeness (QED) is 0.760. The van der Waals surface area contributed by atoms with Crippen LogP contribution in [0.25, 0.3) is 10.9 Å². The van der Waals surface area contributed by atoms with E-state index in [1.807, 2.05) is 23.1 Å². The highest BCUT2D eigenvalue weighted by atomic mass is 16.2. The standard InChI is InChI=1S/C22H23N3O/c1-2-3-14-25-19-11-7-5-9-17(19)22(21(25)26)20-16(12-13-23-22)15-8-4-6-10-18(15)24-20/h4-11,23-24H,2-3,12-14H2,1H3/t22-/m1/s1. The molecule has 0 saturated heterocycles. The third-order valence-corrected chi connectivity index (χ3v) is 5.85. The summed E-state index contributed by atoms with van der Waals surface area (Å²) in [6, 6.07) is 16.6. The number of amides is 1. The molecular weight excluding hydrogens is 322 g/mol. The fourth-order valence-electron chi connectivity index (χ4n) is 4.65. The second kappa shape index (κ2) is 5.71. The topological polar surface area (TPSA) is 48.1 Å². The number of nitrogens with zero attached hydrogens (tertiary/aromatic N) is 1. The maximum Gasteiger partial charge on any atom is 0.258 e. The van der Waals surface area contributed by atoms with Gasteiger partial charge in [0.2, 0.25) is 0 Å². The minimum Gasteiger partial charge on any atom is -0.356 e. The third-order valence-electron chi connectivity index (χ3n) is 5.85. The zero-order chi connectivity index (χ0) is 17.7. The van der Waals surface area contributed by atoms with Crippen LogP contribution in [0.4, 0.5) is 5.69 Å². The average Bonchev–Trinajstić information content (AvgIpc) is 3.17. The van der Waals surface area contributed by atoms with Crippen molar-refractivity contribution in [1.82, 2.24) is 10.3 Å². The monoisotopic (exact) mass is 345 g/mol. The number of rotatable bonds is 3. The Morgan fingerprint density at radius 2 is 1.92 bits per heavy atom. The van der Waals surface area contributed by atoms with E-state index in [9.17, 15) is 4.79 Å². The molecule has 0 bridgehead atoms. The number of H-pyrrole nitrogens is 1. The lowest BCUT2D eigenvalue weighted by atomic mass is 9.82. The predicted molar refractivity (Wildman–Crippen MR) is 104 cm³/mol. The first-order chi connectivity index (χ1) is 12.8. The van der Waals surface area contributed by atoms with Gasteiger partial charge in [0.25, 0.3) is 5.91 Å². The number of carbonyl (C=O) groups excluding carboxylic acids is 1. The number of hydrogen-bond acceptors (Lipinski definition) is 2. The number of fused-ring (bicyclic) bond motifs is 6. The number of aromatic amines is 1. The number of nitrogens with one attached hydrogen (secondary N) is 2. The minimum atomic E-state index is -0.781. The Hall–Kier alpha value is -2.59. The molecule has 4 heteroatoms. The fraction of sp³-hybridized carbons (Fsp3) is 0.318. The lowest BCUT2D eigenvalue weighted by molar-refractivity contribution is -0.123. The van der Waals surface area contributed by atoms with Crippen molar-refractivity contribution in [2.45, 2.75) is 31.7 Å². The molecule has 2 aliphatic heterocycles. The van der Waals surface area contributed by atoms with Gasteiger partial charge in [0.15, 0.2) is 5.54 Å². The van der Waals surface area contributed by atoms with E-state index in [1.165, 1.54) is 10.9 Å². The van der Waals surface area contributed by atoms with Crippen molar-refractivity contribution in [1.29, 1.82) is 0 Å². The highest BCUT2D eigenvalue weighted by molar-refractivity contribution is 6.11. The largest absolute Gasteiger partial charge is 0.356 e. The molecule has 4 nitrogen and oxygen atoms in total. The van der Waals surface area contributed by atoms with Crippen LogP contribution in [-0.4, -0.2) is 24.0 Å². The molecule has 1 aromatic heterocycles. The Balaban J connectivity index is 1.76. The SMILES string of the molecule is CCCCN1C(=O)[C@@]2(NCCc3c2[nH]c2ccccc32)c2ccccc21. The summed E-state index contributed by atoms with van der Waals surface area (Å²) in [5, 5.41) is 4.84. The van der Waals surface area contributed by atoms with E-state index in [-0.39, 0.29) is 5.91 Å². The van der Waals surface area contributed by atoms with Crippen LogP contribution >= 0.6 is 0 Å². The molecule has 0 unspecified atom stereocenters. The van der Waals surface area contributed by atoms with Gasteiger partial charge in [-0.05, 0) is 30.5 Å². The van der Waals surface area contributed by atoms with E-state index in [4.69, 9.17) is 0 Å². The Kier molecular flexibility index (Phi) is 3.44. The summed E-state index contributed by atoms with van der Waals surface area (Å²) in [5.41, 5.74) is 4.76. The van der Waals surface area contributed by atoms with Crippen molar-refractivity contribution in [3.05, 3.63) is 65.4 Å². The van der Waals surface area contributed by atoms with Gasteiger partial charge in [0.1, 0.15) is 0 Å². The first-order valence-corrected chi connectivity index (χ1v) is 9.54. The molecule has 26 heavy (non-hydrogen) atoms. The number of unbranched alkanes of at least 4 members (excludes halogenated alkanes) is 1. The van der Waals surface area contributed by atoms with Crippen LogP contribution in [0.1, 0.15) is 36.6 Å². The van der Waals surface area contributed by atoms with Gasteiger partial charge in [-0.1, -0.05) is 49.7 Å². The summed E-state index contributed by atoms with van der Waals surface area (Å²) >= 11 is 0. The molecule has 2 aliphatic rings. The molecule has 1 amide bonds. The van der Waals surface area contributed by atoms with E-state index in [1.54, 1.807) is 0 Å². The van der Waals surface area contributed by atoms with Gasteiger partial charge in [-0.25, -0.2) is 0 Å². The van der Waals surface area contributed by atoms with Crippen LogP contribution in [0.5, 0.6) is 0 Å². The Morgan fingerprint density at radius 1 is 1.12 bits per heavy atom. The van der Waals surface area contributed by atoms with Gasteiger partial charge < -0.3 is 9.88 Å². The van der Waals surface area contributed by atoms with Gasteiger partial charge in [-0.15, -0.1) is 0 Å². The highest BCUT2D eigenvalue weighted by Gasteiger charge is 2.54. The average molecular weight is 345 g/mol. The van der Waals surface area contributed by atoms with Gasteiger partial charge >= 0.3 is 0 Å². The van der Waals surface area contributed by atoms with Crippen molar-refractivity contribution in [3.63, 3.8) is 0 Å². The first kappa shape index (κ1) is 15.6. The maximum absolute atomic E-state index is 13.7. The molecule has 2 aromatic carbocycles. The van der Waals surface area contributed by atoms with E-state index >= 15 is 0 Å². The lowest BCUT2D eigenvalue weighted by Crippen LogP contribution is -2.55. The van der Waals surface area contributed by atoms with E-state index in [0.29, 0.717) is 0 Å². The van der Waals surface area contributed by atoms with Crippen LogP contribution < -0.4 is 10.2 Å². The second-order valence-corrected chi connectivity index (χ2v) is 7.28. The van der Waals surface area contributed by atoms with E-state index in [0.717, 1.165) is 54.8 Å². The summed E-state index contributed by atoms with van der Waals surface area (Å²) < 4.78 is 0. The number of hydrogen-bond donors (Lipinski definition) is 2. The molecule has 2 N–H and O–H groups in total. The van der Waals surface area contributed by atoms with Crippen molar-refractivity contribution in [2.75, 3.05) is 18.0 Å². The normalized spacial score (nSPS) is 21.4. The molecule has 3 aromatic rings. The molecule has 3 heterocycles. The Labute approximate surface area is 153 Å². The van der Waals surface area contributed by atoms with Crippen molar-refractivity contribution in [2.24, 2.45) is 0 Å². The van der Waals surface area contributed by atoms with Gasteiger partial charge in [0, 0.05) is 35.2 Å². The van der Waals surface area contributed by atoms with Crippen LogP contribution in [0.3, 0.4) is 0 Å². The van der Waals surface area contributed by atoms with Gasteiger partial charge in [0.05, 0.1) is 5.69 Å². The molecule has 0 aliphatic carbocycles. The molecule has 0 saturated carbocycles. The smallest absolute Gasteiger partial charge is 0.258 e. The zero-order valence-electron chi connectivity index (χ0n) is 15.0. The molecule has 0 fully saturated rings. The maximum atomic E-state index is 13.7. The van der Waals surface area contributed by atoms with Crippen molar-refractivity contribution < 1.29 is 4.79 Å². The number of para-hydroxylation sites is 2. The summed E-state index contributed by atoms with van der Waals surface area (Å²) in [6.07, 6.45) is 3.02. The molecule has 132 valence electrons. The predicted octanol–water partition coefficient (Wildman–Crippen LogP) is 3.70. The summed E-state index contributed by atoms with van der Waals surface area (Å²) in [5.74, 6) is 0.152. The molecule has 5 rings (SSSR count). The second-order valence-electron chi connectivity index (χ2n) is 7.28. The van der Waals surface area contributed by atoms with Crippen molar-refractivity contribution in [3.8, 4) is 0 Å². The van der Waals surface area contributed by atoms with Crippen LogP contribution in [0.2, 0.25) is 0 Å². The number of carbonyl (C=O) groups is 1. The van der Waals surface area contributed by atoms with E-state index < -0.39 is 5.54 Å². The molecule has 1 atom stereocenters. The first-order valence-electron chi connectivity index (χ1n) is 9.54. The summed E-state index contributed by atoms with van der Waals surface area (Å²) in [6.45, 7) is 3.73. The zero-order valence-corrected chi connectivity index (χ0v) is 15.0. The summed E-state index contributed by atoms with van der Waals surface area (Å²) in [4.78, 5) is 19.3. The fourth-order valence-corrected chi connectivity index (χ4v) is 4.65. The summed E-state index contributed by atoms with van der Waals surface area (Å²) in [7, 11) is 0. The lowest BCUT2D eigenvalue weighted by Gasteiger charge is -2.34. The van der Waals surface area contributed by atoms with Crippen molar-refractivity contribution >= 4 is 22.5 Å². The molecular formula is C22H23N3O. The third kappa shape index (κ3) is 1.91. The number of aromatic nitrogens is 1. The van der Waals surface area contributed by atoms with Crippen LogP contribution in [-0.2, 0) is 16.8 Å². The highest BCUT2D eigenvalue weighted by Crippen LogP contribution is 2.47. The Morgan fingerprint density at radius 3 is 2.81 bits per heavy atom.